The summed E-state index contributed by atoms with van der Waals surface area (Å²) in [4.78, 5) is 11.8. The molecule has 0 spiro atoms. The fourth-order valence-electron chi connectivity index (χ4n) is 1.35. The molecule has 1 rings (SSSR count). The van der Waals surface area contributed by atoms with E-state index in [4.69, 9.17) is 5.11 Å². The lowest BCUT2D eigenvalue weighted by Crippen LogP contribution is -2.35. The van der Waals surface area contributed by atoms with Crippen molar-refractivity contribution in [1.29, 1.82) is 0 Å². The molecule has 3 nitrogen and oxygen atoms in total. The Balaban J connectivity index is 2.65. The van der Waals surface area contributed by atoms with Crippen molar-refractivity contribution in [3.8, 4) is 0 Å². The molecule has 0 aromatic heterocycles. The predicted molar refractivity (Wildman–Crippen MR) is 76.0 cm³/mol. The van der Waals surface area contributed by atoms with Gasteiger partial charge in [-0.3, -0.25) is 4.79 Å². The molecule has 1 unspecified atom stereocenters. The van der Waals surface area contributed by atoms with Crippen molar-refractivity contribution in [2.75, 3.05) is 0 Å². The summed E-state index contributed by atoms with van der Waals surface area (Å²) in [5, 5.41) is 11.9. The van der Waals surface area contributed by atoms with Gasteiger partial charge in [0.1, 0.15) is 5.25 Å². The quantitative estimate of drug-likeness (QED) is 0.805. The number of carboxylic acids is 1. The Hall–Kier alpha value is -1.00. The van der Waals surface area contributed by atoms with Crippen LogP contribution >= 0.6 is 11.8 Å². The average molecular weight is 267 g/mol. The van der Waals surface area contributed by atoms with Gasteiger partial charge in [0.15, 0.2) is 0 Å². The van der Waals surface area contributed by atoms with Gasteiger partial charge in [0.05, 0.1) is 0 Å². The molecule has 1 aromatic carbocycles. The second kappa shape index (κ2) is 6.25. The Kier molecular flexibility index (Phi) is 5.23. The third-order valence-corrected chi connectivity index (χ3v) is 3.46. The molecule has 1 aromatic rings. The summed E-state index contributed by atoms with van der Waals surface area (Å²) in [6.45, 7) is 8.86. The highest BCUT2D eigenvalue weighted by Gasteiger charge is 2.13. The molecule has 0 heterocycles. The SMILES string of the molecule is CC(Sc1cccc(CNC(C)(C)C)c1)C(=O)O. The Bertz CT molecular complexity index is 413. The number of benzene rings is 1. The lowest BCUT2D eigenvalue weighted by atomic mass is 10.1. The van der Waals surface area contributed by atoms with Crippen LogP contribution in [-0.2, 0) is 11.3 Å². The van der Waals surface area contributed by atoms with E-state index in [1.807, 2.05) is 24.3 Å². The highest BCUT2D eigenvalue weighted by molar-refractivity contribution is 8.00. The molecular weight excluding hydrogens is 246 g/mol. The summed E-state index contributed by atoms with van der Waals surface area (Å²) in [7, 11) is 0. The van der Waals surface area contributed by atoms with Crippen LogP contribution in [0.4, 0.5) is 0 Å². The molecule has 100 valence electrons. The van der Waals surface area contributed by atoms with Crippen LogP contribution in [0.5, 0.6) is 0 Å². The van der Waals surface area contributed by atoms with Crippen LogP contribution in [0.3, 0.4) is 0 Å². The van der Waals surface area contributed by atoms with Crippen LogP contribution in [0.2, 0.25) is 0 Å². The van der Waals surface area contributed by atoms with E-state index in [0.717, 1.165) is 11.4 Å². The van der Waals surface area contributed by atoms with Crippen LogP contribution in [0.15, 0.2) is 29.2 Å². The van der Waals surface area contributed by atoms with Gasteiger partial charge in [-0.05, 0) is 45.4 Å². The molecule has 4 heteroatoms. The minimum atomic E-state index is -0.779. The van der Waals surface area contributed by atoms with Crippen molar-refractivity contribution >= 4 is 17.7 Å². The van der Waals surface area contributed by atoms with Gasteiger partial charge in [-0.25, -0.2) is 0 Å². The maximum absolute atomic E-state index is 10.8. The van der Waals surface area contributed by atoms with Crippen molar-refractivity contribution in [2.24, 2.45) is 0 Å². The van der Waals surface area contributed by atoms with Gasteiger partial charge < -0.3 is 10.4 Å². The Morgan fingerprint density at radius 2 is 2.11 bits per heavy atom. The van der Waals surface area contributed by atoms with E-state index in [9.17, 15) is 4.79 Å². The first-order valence-corrected chi connectivity index (χ1v) is 6.89. The van der Waals surface area contributed by atoms with Gasteiger partial charge in [-0.2, -0.15) is 0 Å². The van der Waals surface area contributed by atoms with Crippen molar-refractivity contribution < 1.29 is 9.90 Å². The number of nitrogens with one attached hydrogen (secondary N) is 1. The van der Waals surface area contributed by atoms with Gasteiger partial charge in [-0.15, -0.1) is 11.8 Å². The van der Waals surface area contributed by atoms with Crippen molar-refractivity contribution in [1.82, 2.24) is 5.32 Å². The predicted octanol–water partition coefficient (Wildman–Crippen LogP) is 3.14. The molecule has 0 amide bonds. The van der Waals surface area contributed by atoms with E-state index in [1.165, 1.54) is 17.3 Å². The maximum Gasteiger partial charge on any atom is 0.316 e. The summed E-state index contributed by atoms with van der Waals surface area (Å²) >= 11 is 1.37. The van der Waals surface area contributed by atoms with Gasteiger partial charge in [0, 0.05) is 17.0 Å². The molecule has 1 atom stereocenters. The van der Waals surface area contributed by atoms with E-state index < -0.39 is 11.2 Å². The molecule has 0 fully saturated rings. The highest BCUT2D eigenvalue weighted by Crippen LogP contribution is 2.24. The normalized spacial score (nSPS) is 13.3. The second-order valence-electron chi connectivity index (χ2n) is 5.35. The molecule has 2 N–H and O–H groups in total. The number of carboxylic acid groups (broad SMARTS) is 1. The Morgan fingerprint density at radius 3 is 2.67 bits per heavy atom. The van der Waals surface area contributed by atoms with Crippen LogP contribution in [0.25, 0.3) is 0 Å². The monoisotopic (exact) mass is 267 g/mol. The largest absolute Gasteiger partial charge is 0.480 e. The summed E-state index contributed by atoms with van der Waals surface area (Å²) in [5.74, 6) is -0.779. The fraction of sp³-hybridized carbons (Fsp3) is 0.500. The van der Waals surface area contributed by atoms with Crippen LogP contribution in [-0.4, -0.2) is 21.9 Å². The van der Waals surface area contributed by atoms with Crippen LogP contribution in [0.1, 0.15) is 33.3 Å². The smallest absolute Gasteiger partial charge is 0.316 e. The van der Waals surface area contributed by atoms with E-state index in [-0.39, 0.29) is 5.54 Å². The third kappa shape index (κ3) is 5.56. The number of aliphatic carboxylic acids is 1. The topological polar surface area (TPSA) is 49.3 Å². The van der Waals surface area contributed by atoms with Gasteiger partial charge in [-0.1, -0.05) is 12.1 Å². The fourth-order valence-corrected chi connectivity index (χ4v) is 2.24. The lowest BCUT2D eigenvalue weighted by Gasteiger charge is -2.20. The first-order valence-electron chi connectivity index (χ1n) is 6.01. The van der Waals surface area contributed by atoms with Gasteiger partial charge in [0.25, 0.3) is 0 Å². The van der Waals surface area contributed by atoms with Gasteiger partial charge in [0.2, 0.25) is 0 Å². The lowest BCUT2D eigenvalue weighted by molar-refractivity contribution is -0.136. The zero-order valence-corrected chi connectivity index (χ0v) is 12.2. The minimum absolute atomic E-state index is 0.0809. The van der Waals surface area contributed by atoms with Crippen molar-refractivity contribution in [3.05, 3.63) is 29.8 Å². The highest BCUT2D eigenvalue weighted by atomic mass is 32.2. The molecule has 0 saturated carbocycles. The van der Waals surface area contributed by atoms with E-state index >= 15 is 0 Å². The zero-order valence-electron chi connectivity index (χ0n) is 11.4. The van der Waals surface area contributed by atoms with E-state index in [2.05, 4.69) is 26.1 Å². The number of hydrogen-bond donors (Lipinski definition) is 2. The molecule has 0 radical (unpaired) electrons. The van der Waals surface area contributed by atoms with Gasteiger partial charge >= 0.3 is 5.97 Å². The summed E-state index contributed by atoms with van der Waals surface area (Å²) in [6, 6.07) is 8.01. The molecule has 0 aliphatic carbocycles. The number of carbonyl (C=O) groups is 1. The number of hydrogen-bond acceptors (Lipinski definition) is 3. The molecule has 0 aliphatic rings. The molecule has 0 aliphatic heterocycles. The van der Waals surface area contributed by atoms with Crippen molar-refractivity contribution in [3.63, 3.8) is 0 Å². The summed E-state index contributed by atoms with van der Waals surface area (Å²) in [6.07, 6.45) is 0. The Labute approximate surface area is 113 Å². The maximum atomic E-state index is 10.8. The minimum Gasteiger partial charge on any atom is -0.480 e. The summed E-state index contributed by atoms with van der Waals surface area (Å²) < 4.78 is 0. The molecule has 0 bridgehead atoms. The van der Waals surface area contributed by atoms with Crippen LogP contribution < -0.4 is 5.32 Å². The molecule has 18 heavy (non-hydrogen) atoms. The average Bonchev–Trinajstić information content (AvgIpc) is 2.26. The van der Waals surface area contributed by atoms with E-state index in [0.29, 0.717) is 0 Å². The molecular formula is C14H21NO2S. The number of thioether (sulfide) groups is 1. The second-order valence-corrected chi connectivity index (χ2v) is 6.76. The zero-order chi connectivity index (χ0) is 13.8. The summed E-state index contributed by atoms with van der Waals surface area (Å²) in [5.41, 5.74) is 1.25. The number of rotatable bonds is 5. The van der Waals surface area contributed by atoms with E-state index in [1.54, 1.807) is 6.92 Å². The standard InChI is InChI=1S/C14H21NO2S/c1-10(13(16)17)18-12-7-5-6-11(8-12)9-15-14(2,3)4/h5-8,10,15H,9H2,1-4H3,(H,16,17). The first-order chi connectivity index (χ1) is 8.28. The first kappa shape index (κ1) is 15.1. The van der Waals surface area contributed by atoms with Crippen molar-refractivity contribution in [2.45, 2.75) is 49.9 Å². The third-order valence-electron chi connectivity index (χ3n) is 2.38. The molecule has 0 saturated heterocycles. The Morgan fingerprint density at radius 1 is 1.44 bits per heavy atom. The van der Waals surface area contributed by atoms with Crippen LogP contribution in [0, 0.1) is 0 Å².